The number of hydrogen-bond acceptors (Lipinski definition) is 8. The van der Waals surface area contributed by atoms with Crippen molar-refractivity contribution in [1.82, 2.24) is 19.6 Å². The lowest BCUT2D eigenvalue weighted by atomic mass is 10.2. The number of rotatable bonds is 20. The van der Waals surface area contributed by atoms with Crippen LogP contribution < -0.4 is 19.6 Å². The van der Waals surface area contributed by atoms with E-state index in [9.17, 15) is 19.2 Å². The highest BCUT2D eigenvalue weighted by Gasteiger charge is 2.28. The Morgan fingerprint density at radius 1 is 0.237 bits per heavy atom. The van der Waals surface area contributed by atoms with Crippen LogP contribution in [0.3, 0.4) is 0 Å². The summed E-state index contributed by atoms with van der Waals surface area (Å²) in [5.74, 6) is -0.234. The SMILES string of the molecule is O=C(CN1CCN(CC(=O)N(Cc2ccccc2)c2ccccc2)CCN(CC(=O)N(Cc2ccccc2)c2ccccc2)CCN(CC(=O)N(Cc2ccccc2)c2ccccc2)CC1)N(Cc1ccccc1)c1ccccc1. The molecule has 1 heterocycles. The molecule has 408 valence electrons. The van der Waals surface area contributed by atoms with E-state index in [0.717, 1.165) is 45.0 Å². The molecule has 1 saturated heterocycles. The molecule has 0 unspecified atom stereocenters. The van der Waals surface area contributed by atoms with E-state index in [-0.39, 0.29) is 49.8 Å². The minimum atomic E-state index is -0.0585. The minimum Gasteiger partial charge on any atom is -0.307 e. The molecule has 0 aromatic heterocycles. The van der Waals surface area contributed by atoms with Crippen molar-refractivity contribution in [1.29, 1.82) is 0 Å². The summed E-state index contributed by atoms with van der Waals surface area (Å²) < 4.78 is 0. The molecule has 0 N–H and O–H groups in total. The fraction of sp³-hybridized carbons (Fsp3) is 0.235. The normalized spacial score (nSPS) is 14.0. The van der Waals surface area contributed by atoms with E-state index in [0.29, 0.717) is 78.5 Å². The van der Waals surface area contributed by atoms with E-state index >= 15 is 0 Å². The molecule has 1 fully saturated rings. The van der Waals surface area contributed by atoms with Crippen molar-refractivity contribution in [3.05, 3.63) is 265 Å². The Kier molecular flexibility index (Phi) is 20.7. The fourth-order valence-corrected chi connectivity index (χ4v) is 10.1. The molecule has 0 saturated carbocycles. The average Bonchev–Trinajstić information content (AvgIpc) is 3.51. The maximum Gasteiger partial charge on any atom is 0.241 e. The molecule has 8 aromatic rings. The van der Waals surface area contributed by atoms with Crippen molar-refractivity contribution in [2.45, 2.75) is 26.2 Å². The minimum absolute atomic E-state index is 0.0585. The van der Waals surface area contributed by atoms with Gasteiger partial charge in [0, 0.05) is 75.1 Å². The summed E-state index contributed by atoms with van der Waals surface area (Å²) in [5.41, 5.74) is 7.27. The van der Waals surface area contributed by atoms with Gasteiger partial charge in [-0.3, -0.25) is 38.8 Å². The van der Waals surface area contributed by atoms with Crippen LogP contribution >= 0.6 is 0 Å². The molecule has 0 radical (unpaired) electrons. The number of carbonyl (C=O) groups is 4. The maximum atomic E-state index is 15.0. The van der Waals surface area contributed by atoms with Crippen molar-refractivity contribution in [2.75, 3.05) is 98.1 Å². The number of nitrogens with zero attached hydrogens (tertiary/aromatic N) is 8. The summed E-state index contributed by atoms with van der Waals surface area (Å²) in [7, 11) is 0. The Morgan fingerprint density at radius 3 is 0.550 bits per heavy atom. The fourth-order valence-electron chi connectivity index (χ4n) is 10.1. The van der Waals surface area contributed by atoms with Crippen molar-refractivity contribution in [3.8, 4) is 0 Å². The third-order valence-electron chi connectivity index (χ3n) is 14.6. The number of anilines is 4. The first-order chi connectivity index (χ1) is 39.3. The third kappa shape index (κ3) is 16.7. The highest BCUT2D eigenvalue weighted by atomic mass is 16.2. The second kappa shape index (κ2) is 29.5. The Bertz CT molecular complexity index is 2680. The van der Waals surface area contributed by atoms with Gasteiger partial charge in [-0.25, -0.2) is 0 Å². The molecule has 0 atom stereocenters. The van der Waals surface area contributed by atoms with Gasteiger partial charge in [0.2, 0.25) is 23.6 Å². The summed E-state index contributed by atoms with van der Waals surface area (Å²) in [5, 5.41) is 0. The van der Waals surface area contributed by atoms with Crippen LogP contribution in [-0.4, -0.2) is 122 Å². The predicted molar refractivity (Wildman–Crippen MR) is 322 cm³/mol. The zero-order chi connectivity index (χ0) is 55.1. The lowest BCUT2D eigenvalue weighted by molar-refractivity contribution is -0.122. The number of amides is 4. The Balaban J connectivity index is 1.04. The van der Waals surface area contributed by atoms with E-state index in [1.807, 2.05) is 262 Å². The number of hydrogen-bond donors (Lipinski definition) is 0. The topological polar surface area (TPSA) is 94.2 Å². The van der Waals surface area contributed by atoms with E-state index in [1.165, 1.54) is 0 Å². The van der Waals surface area contributed by atoms with Crippen LogP contribution in [0.2, 0.25) is 0 Å². The molecule has 4 amide bonds. The Hall–Kier alpha value is -8.52. The second-order valence-corrected chi connectivity index (χ2v) is 20.3. The quantitative estimate of drug-likeness (QED) is 0.0745. The van der Waals surface area contributed by atoms with Gasteiger partial charge in [0.05, 0.1) is 52.4 Å². The zero-order valence-electron chi connectivity index (χ0n) is 45.6. The smallest absolute Gasteiger partial charge is 0.241 e. The van der Waals surface area contributed by atoms with Crippen molar-refractivity contribution >= 4 is 46.4 Å². The maximum absolute atomic E-state index is 15.0. The van der Waals surface area contributed by atoms with Gasteiger partial charge in [-0.05, 0) is 70.8 Å². The molecule has 0 aliphatic carbocycles. The molecule has 0 bridgehead atoms. The third-order valence-corrected chi connectivity index (χ3v) is 14.6. The summed E-state index contributed by atoms with van der Waals surface area (Å²) in [4.78, 5) is 76.0. The first kappa shape index (κ1) is 56.2. The summed E-state index contributed by atoms with van der Waals surface area (Å²) in [6.07, 6.45) is 0. The molecule has 80 heavy (non-hydrogen) atoms. The first-order valence-electron chi connectivity index (χ1n) is 27.8. The van der Waals surface area contributed by atoms with Gasteiger partial charge in [-0.1, -0.05) is 194 Å². The Labute approximate surface area is 472 Å². The molecule has 1 aliphatic heterocycles. The molecule has 12 nitrogen and oxygen atoms in total. The summed E-state index contributed by atoms with van der Waals surface area (Å²) in [6, 6.07) is 79.3. The van der Waals surface area contributed by atoms with Crippen LogP contribution in [0.4, 0.5) is 22.7 Å². The number of para-hydroxylation sites is 4. The monoisotopic (exact) mass is 1060 g/mol. The predicted octanol–water partition coefficient (Wildman–Crippen LogP) is 10.1. The summed E-state index contributed by atoms with van der Waals surface area (Å²) in [6.45, 7) is 5.69. The van der Waals surface area contributed by atoms with Crippen LogP contribution in [0.1, 0.15) is 22.3 Å². The second-order valence-electron chi connectivity index (χ2n) is 20.3. The van der Waals surface area contributed by atoms with Gasteiger partial charge in [-0.15, -0.1) is 0 Å². The number of carbonyl (C=O) groups excluding carboxylic acids is 4. The molecule has 9 rings (SSSR count). The molecule has 0 spiro atoms. The molecule has 1 aliphatic rings. The van der Waals surface area contributed by atoms with Gasteiger partial charge in [0.25, 0.3) is 0 Å². The largest absolute Gasteiger partial charge is 0.307 e. The van der Waals surface area contributed by atoms with Gasteiger partial charge in [-0.2, -0.15) is 0 Å². The molecular weight excluding hydrogens is 993 g/mol. The van der Waals surface area contributed by atoms with E-state index in [4.69, 9.17) is 0 Å². The first-order valence-corrected chi connectivity index (χ1v) is 27.8. The lowest BCUT2D eigenvalue weighted by Gasteiger charge is -2.36. The molecule has 8 aromatic carbocycles. The van der Waals surface area contributed by atoms with E-state index in [1.54, 1.807) is 0 Å². The van der Waals surface area contributed by atoms with Crippen LogP contribution in [0.5, 0.6) is 0 Å². The van der Waals surface area contributed by atoms with Crippen LogP contribution in [0.25, 0.3) is 0 Å². The highest BCUT2D eigenvalue weighted by Crippen LogP contribution is 2.23. The van der Waals surface area contributed by atoms with E-state index < -0.39 is 0 Å². The summed E-state index contributed by atoms with van der Waals surface area (Å²) >= 11 is 0. The van der Waals surface area contributed by atoms with Crippen LogP contribution in [0, 0.1) is 0 Å². The van der Waals surface area contributed by atoms with Crippen molar-refractivity contribution < 1.29 is 19.2 Å². The van der Waals surface area contributed by atoms with Crippen molar-refractivity contribution in [3.63, 3.8) is 0 Å². The molecular formula is C68H72N8O4. The van der Waals surface area contributed by atoms with E-state index in [2.05, 4.69) is 19.6 Å². The Morgan fingerprint density at radius 2 is 0.388 bits per heavy atom. The molecule has 12 heteroatoms. The average molecular weight is 1070 g/mol. The van der Waals surface area contributed by atoms with Gasteiger partial charge in [0.1, 0.15) is 0 Å². The highest BCUT2D eigenvalue weighted by molar-refractivity contribution is 5.97. The van der Waals surface area contributed by atoms with Crippen LogP contribution in [-0.2, 0) is 45.4 Å². The van der Waals surface area contributed by atoms with Gasteiger partial charge < -0.3 is 19.6 Å². The standard InChI is InChI=1S/C68H72N8O4/c77-65(73(61-33-17-5-18-34-61)49-57-25-9-1-10-26-57)53-69-41-43-70(54-66(78)74(62-35-19-6-20-36-62)50-58-27-11-2-12-28-58)45-47-72(56-68(80)76(64-39-23-8-24-40-64)52-60-31-15-4-16-32-60)48-46-71(44-42-69)55-67(79)75(63-37-21-7-22-38-63)51-59-29-13-3-14-30-59/h1-40H,41-56H2. The lowest BCUT2D eigenvalue weighted by Crippen LogP contribution is -2.52. The van der Waals surface area contributed by atoms with Crippen LogP contribution in [0.15, 0.2) is 243 Å². The zero-order valence-corrected chi connectivity index (χ0v) is 45.6. The van der Waals surface area contributed by atoms with Crippen molar-refractivity contribution in [2.24, 2.45) is 0 Å². The number of benzene rings is 8. The van der Waals surface area contributed by atoms with Gasteiger partial charge >= 0.3 is 0 Å². The van der Waals surface area contributed by atoms with Gasteiger partial charge in [0.15, 0.2) is 0 Å².